The first-order chi connectivity index (χ1) is 10.1. The van der Waals surface area contributed by atoms with E-state index < -0.39 is 17.3 Å². The van der Waals surface area contributed by atoms with Crippen molar-refractivity contribution in [1.29, 1.82) is 0 Å². The van der Waals surface area contributed by atoms with Gasteiger partial charge in [-0.05, 0) is 49.2 Å². The largest absolute Gasteiger partial charge is 0.475 e. The van der Waals surface area contributed by atoms with Crippen LogP contribution in [0.5, 0.6) is 5.88 Å². The lowest BCUT2D eigenvalue weighted by atomic mass is 10.2. The van der Waals surface area contributed by atoms with Crippen LogP contribution in [0.1, 0.15) is 23.2 Å². The second-order valence-electron chi connectivity index (χ2n) is 4.88. The summed E-state index contributed by atoms with van der Waals surface area (Å²) >= 11 is 0. The number of rotatable bonds is 4. The van der Waals surface area contributed by atoms with Crippen molar-refractivity contribution in [2.75, 3.05) is 0 Å². The maximum Gasteiger partial charge on any atom is 0.270 e. The van der Waals surface area contributed by atoms with Crippen molar-refractivity contribution >= 4 is 5.91 Å². The number of primary amides is 1. The van der Waals surface area contributed by atoms with Crippen LogP contribution in [-0.2, 0) is 0 Å². The predicted octanol–water partition coefficient (Wildman–Crippen LogP) is 1.62. The van der Waals surface area contributed by atoms with Gasteiger partial charge in [0.05, 0.1) is 5.69 Å². The maximum atomic E-state index is 13.0. The standard InChI is InChI=1S/C15H13FN2O3/c16-9-1-3-10(4-2-9)18-13(21-11-5-6-11)8-7-12(14(17)19)15(18)20/h1-4,7-8,11H,5-6H2,(H2,17,19). The minimum Gasteiger partial charge on any atom is -0.475 e. The number of benzene rings is 1. The molecule has 0 radical (unpaired) electrons. The lowest BCUT2D eigenvalue weighted by molar-refractivity contribution is 0.0998. The fourth-order valence-corrected chi connectivity index (χ4v) is 1.99. The molecule has 1 aromatic heterocycles. The summed E-state index contributed by atoms with van der Waals surface area (Å²) in [5.41, 5.74) is 4.90. The topological polar surface area (TPSA) is 74.3 Å². The third kappa shape index (κ3) is 2.65. The van der Waals surface area contributed by atoms with Gasteiger partial charge in [-0.3, -0.25) is 9.59 Å². The fourth-order valence-electron chi connectivity index (χ4n) is 1.99. The van der Waals surface area contributed by atoms with E-state index in [-0.39, 0.29) is 11.7 Å². The fraction of sp³-hybridized carbons (Fsp3) is 0.200. The molecule has 0 saturated heterocycles. The van der Waals surface area contributed by atoms with Gasteiger partial charge < -0.3 is 10.5 Å². The molecule has 21 heavy (non-hydrogen) atoms. The summed E-state index contributed by atoms with van der Waals surface area (Å²) in [6.07, 6.45) is 1.93. The monoisotopic (exact) mass is 288 g/mol. The van der Waals surface area contributed by atoms with Crippen LogP contribution in [0, 0.1) is 5.82 Å². The van der Waals surface area contributed by atoms with Crippen molar-refractivity contribution in [3.63, 3.8) is 0 Å². The molecule has 108 valence electrons. The Morgan fingerprint density at radius 3 is 2.43 bits per heavy atom. The first-order valence-corrected chi connectivity index (χ1v) is 6.55. The van der Waals surface area contributed by atoms with E-state index in [2.05, 4.69) is 0 Å². The number of hydrogen-bond donors (Lipinski definition) is 1. The predicted molar refractivity (Wildman–Crippen MR) is 74.2 cm³/mol. The third-order valence-corrected chi connectivity index (χ3v) is 3.21. The summed E-state index contributed by atoms with van der Waals surface area (Å²) in [6.45, 7) is 0. The number of carbonyl (C=O) groups is 1. The Morgan fingerprint density at radius 2 is 1.86 bits per heavy atom. The Bertz CT molecular complexity index is 749. The number of nitrogens with zero attached hydrogens (tertiary/aromatic N) is 1. The lowest BCUT2D eigenvalue weighted by Gasteiger charge is -2.14. The second kappa shape index (κ2) is 5.05. The van der Waals surface area contributed by atoms with E-state index in [0.717, 1.165) is 12.8 Å². The van der Waals surface area contributed by atoms with E-state index in [9.17, 15) is 14.0 Å². The summed E-state index contributed by atoms with van der Waals surface area (Å²) in [4.78, 5) is 23.7. The van der Waals surface area contributed by atoms with E-state index in [1.807, 2.05) is 0 Å². The molecule has 0 atom stereocenters. The number of nitrogens with two attached hydrogens (primary N) is 1. The molecule has 1 heterocycles. The van der Waals surface area contributed by atoms with Crippen LogP contribution >= 0.6 is 0 Å². The number of amides is 1. The van der Waals surface area contributed by atoms with Gasteiger partial charge >= 0.3 is 0 Å². The molecule has 1 aliphatic carbocycles. The smallest absolute Gasteiger partial charge is 0.270 e. The van der Waals surface area contributed by atoms with Crippen LogP contribution in [0.2, 0.25) is 0 Å². The highest BCUT2D eigenvalue weighted by molar-refractivity contribution is 5.92. The molecule has 2 N–H and O–H groups in total. The summed E-state index contributed by atoms with van der Waals surface area (Å²) < 4.78 is 19.9. The Labute approximate surface area is 119 Å². The lowest BCUT2D eigenvalue weighted by Crippen LogP contribution is -2.29. The molecule has 0 bridgehead atoms. The van der Waals surface area contributed by atoms with E-state index in [1.165, 1.54) is 41.0 Å². The van der Waals surface area contributed by atoms with Gasteiger partial charge in [0.25, 0.3) is 11.5 Å². The highest BCUT2D eigenvalue weighted by atomic mass is 19.1. The molecule has 0 aliphatic heterocycles. The molecule has 1 fully saturated rings. The highest BCUT2D eigenvalue weighted by Crippen LogP contribution is 2.27. The van der Waals surface area contributed by atoms with Crippen LogP contribution in [0.15, 0.2) is 41.2 Å². The van der Waals surface area contributed by atoms with Crippen molar-refractivity contribution < 1.29 is 13.9 Å². The Hall–Kier alpha value is -2.63. The number of aromatic nitrogens is 1. The highest BCUT2D eigenvalue weighted by Gasteiger charge is 2.26. The van der Waals surface area contributed by atoms with Gasteiger partial charge in [0.2, 0.25) is 5.88 Å². The molecule has 6 heteroatoms. The van der Waals surface area contributed by atoms with Gasteiger partial charge in [0, 0.05) is 0 Å². The van der Waals surface area contributed by atoms with Crippen molar-refractivity contribution in [1.82, 2.24) is 4.57 Å². The molecule has 1 amide bonds. The van der Waals surface area contributed by atoms with Crippen molar-refractivity contribution in [3.05, 3.63) is 58.1 Å². The number of halogens is 1. The van der Waals surface area contributed by atoms with Crippen LogP contribution in [0.3, 0.4) is 0 Å². The Kier molecular flexibility index (Phi) is 3.21. The van der Waals surface area contributed by atoms with Gasteiger partial charge in [0.1, 0.15) is 17.5 Å². The molecule has 1 aromatic carbocycles. The summed E-state index contributed by atoms with van der Waals surface area (Å²) in [7, 11) is 0. The van der Waals surface area contributed by atoms with Crippen LogP contribution < -0.4 is 16.0 Å². The number of hydrogen-bond acceptors (Lipinski definition) is 3. The molecule has 5 nitrogen and oxygen atoms in total. The zero-order valence-corrected chi connectivity index (χ0v) is 11.1. The van der Waals surface area contributed by atoms with Crippen LogP contribution in [0.25, 0.3) is 5.69 Å². The second-order valence-corrected chi connectivity index (χ2v) is 4.88. The third-order valence-electron chi connectivity index (χ3n) is 3.21. The minimum absolute atomic E-state index is 0.0792. The molecule has 0 spiro atoms. The molecular weight excluding hydrogens is 275 g/mol. The first kappa shape index (κ1) is 13.4. The number of pyridine rings is 1. The van der Waals surface area contributed by atoms with E-state index in [4.69, 9.17) is 10.5 Å². The van der Waals surface area contributed by atoms with Crippen molar-refractivity contribution in [2.24, 2.45) is 5.73 Å². The maximum absolute atomic E-state index is 13.0. The molecule has 1 aliphatic rings. The first-order valence-electron chi connectivity index (χ1n) is 6.55. The number of carbonyl (C=O) groups excluding carboxylic acids is 1. The van der Waals surface area contributed by atoms with Crippen molar-refractivity contribution in [2.45, 2.75) is 18.9 Å². The average Bonchev–Trinajstić information content (AvgIpc) is 3.24. The summed E-state index contributed by atoms with van der Waals surface area (Å²) in [6, 6.07) is 8.24. The van der Waals surface area contributed by atoms with Gasteiger partial charge in [-0.25, -0.2) is 8.96 Å². The average molecular weight is 288 g/mol. The van der Waals surface area contributed by atoms with Crippen LogP contribution in [-0.4, -0.2) is 16.6 Å². The zero-order valence-electron chi connectivity index (χ0n) is 11.1. The normalized spacial score (nSPS) is 14.0. The molecule has 0 unspecified atom stereocenters. The minimum atomic E-state index is -0.811. The number of ether oxygens (including phenoxy) is 1. The molecule has 1 saturated carbocycles. The SMILES string of the molecule is NC(=O)c1ccc(OC2CC2)n(-c2ccc(F)cc2)c1=O. The Morgan fingerprint density at radius 1 is 1.19 bits per heavy atom. The Balaban J connectivity index is 2.17. The van der Waals surface area contributed by atoms with Crippen LogP contribution in [0.4, 0.5) is 4.39 Å². The van der Waals surface area contributed by atoms with Gasteiger partial charge in [-0.15, -0.1) is 0 Å². The molecule has 2 aromatic rings. The van der Waals surface area contributed by atoms with Gasteiger partial charge in [-0.1, -0.05) is 0 Å². The summed E-state index contributed by atoms with van der Waals surface area (Å²) in [5.74, 6) is -0.907. The van der Waals surface area contributed by atoms with E-state index >= 15 is 0 Å². The van der Waals surface area contributed by atoms with E-state index in [1.54, 1.807) is 0 Å². The quantitative estimate of drug-likeness (QED) is 0.929. The van der Waals surface area contributed by atoms with Gasteiger partial charge in [0.15, 0.2) is 0 Å². The molecule has 3 rings (SSSR count). The zero-order chi connectivity index (χ0) is 15.0. The van der Waals surface area contributed by atoms with Gasteiger partial charge in [-0.2, -0.15) is 0 Å². The summed E-state index contributed by atoms with van der Waals surface area (Å²) in [5, 5.41) is 0. The van der Waals surface area contributed by atoms with E-state index in [0.29, 0.717) is 11.6 Å². The molecular formula is C15H13FN2O3. The van der Waals surface area contributed by atoms with Crippen molar-refractivity contribution in [3.8, 4) is 11.6 Å².